The van der Waals surface area contributed by atoms with Gasteiger partial charge in [0.05, 0.1) is 19.4 Å². The first-order valence-electron chi connectivity index (χ1n) is 11.1. The van der Waals surface area contributed by atoms with E-state index < -0.39 is 24.3 Å². The van der Waals surface area contributed by atoms with Gasteiger partial charge >= 0.3 is 24.3 Å². The van der Waals surface area contributed by atoms with Crippen molar-refractivity contribution < 1.29 is 50.6 Å². The fourth-order valence-electron chi connectivity index (χ4n) is 3.50. The van der Waals surface area contributed by atoms with Crippen LogP contribution in [0, 0.1) is 0 Å². The molecule has 1 aliphatic rings. The Morgan fingerprint density at radius 1 is 1.03 bits per heavy atom. The molecule has 0 fully saturated rings. The number of hydrogen-bond donors (Lipinski definition) is 3. The van der Waals surface area contributed by atoms with Crippen molar-refractivity contribution in [2.45, 2.75) is 50.7 Å². The highest BCUT2D eigenvalue weighted by atomic mass is 19.4. The highest BCUT2D eigenvalue weighted by Crippen LogP contribution is 2.21. The standard InChI is InChI=1S/C20H21N3O2.2C2HF3O2/c24-20-8-5-16-11-17(22-13-18-4-2-10-25-18)6-7-19(16)23(20)14-15-3-1-9-21-12-15;2*3-2(4,5)1(6)7/h1-5,8-10,12,17,22H,6-7,11,13-14H2;2*(H,6,7). The van der Waals surface area contributed by atoms with Crippen molar-refractivity contribution in [3.8, 4) is 0 Å². The van der Waals surface area contributed by atoms with E-state index in [0.717, 1.165) is 42.8 Å². The van der Waals surface area contributed by atoms with Gasteiger partial charge in [0.2, 0.25) is 0 Å². The third-order valence-corrected chi connectivity index (χ3v) is 5.28. The molecule has 0 bridgehead atoms. The lowest BCUT2D eigenvalue weighted by molar-refractivity contribution is -0.193. The van der Waals surface area contributed by atoms with Gasteiger partial charge in [-0.1, -0.05) is 12.1 Å². The Kier molecular flexibility index (Phi) is 10.8. The van der Waals surface area contributed by atoms with Gasteiger partial charge in [0.1, 0.15) is 5.76 Å². The highest BCUT2D eigenvalue weighted by molar-refractivity contribution is 5.73. The zero-order valence-electron chi connectivity index (χ0n) is 20.0. The number of rotatable bonds is 5. The van der Waals surface area contributed by atoms with E-state index in [2.05, 4.69) is 10.3 Å². The normalized spacial score (nSPS) is 14.7. The summed E-state index contributed by atoms with van der Waals surface area (Å²) in [6.07, 6.45) is -2.04. The van der Waals surface area contributed by atoms with E-state index in [-0.39, 0.29) is 5.56 Å². The van der Waals surface area contributed by atoms with Crippen LogP contribution in [0.15, 0.2) is 64.3 Å². The number of hydrogen-bond acceptors (Lipinski definition) is 6. The molecule has 0 amide bonds. The van der Waals surface area contributed by atoms with Gasteiger partial charge in [-0.25, -0.2) is 9.59 Å². The number of nitrogens with one attached hydrogen (secondary N) is 1. The largest absolute Gasteiger partial charge is 0.490 e. The van der Waals surface area contributed by atoms with E-state index in [4.69, 9.17) is 24.2 Å². The number of halogens is 6. The molecule has 0 saturated carbocycles. The highest BCUT2D eigenvalue weighted by Gasteiger charge is 2.38. The van der Waals surface area contributed by atoms with Crippen molar-refractivity contribution in [2.24, 2.45) is 0 Å². The molecule has 3 aromatic rings. The lowest BCUT2D eigenvalue weighted by Crippen LogP contribution is -2.37. The quantitative estimate of drug-likeness (QED) is 0.399. The predicted octanol–water partition coefficient (Wildman–Crippen LogP) is 3.80. The third kappa shape index (κ3) is 10.3. The zero-order valence-corrected chi connectivity index (χ0v) is 20.0. The van der Waals surface area contributed by atoms with Crippen molar-refractivity contribution >= 4 is 11.9 Å². The summed E-state index contributed by atoms with van der Waals surface area (Å²) >= 11 is 0. The van der Waals surface area contributed by atoms with Crippen molar-refractivity contribution in [3.05, 3.63) is 88.0 Å². The molecule has 0 radical (unpaired) electrons. The van der Waals surface area contributed by atoms with E-state index in [0.29, 0.717) is 12.6 Å². The summed E-state index contributed by atoms with van der Waals surface area (Å²) in [5.74, 6) is -4.56. The van der Waals surface area contributed by atoms with Gasteiger partial charge in [-0.05, 0) is 48.6 Å². The monoisotopic (exact) mass is 563 g/mol. The van der Waals surface area contributed by atoms with Crippen LogP contribution in [0.5, 0.6) is 0 Å². The Morgan fingerprint density at radius 3 is 2.18 bits per heavy atom. The van der Waals surface area contributed by atoms with Crippen LogP contribution in [0.3, 0.4) is 0 Å². The smallest absolute Gasteiger partial charge is 0.475 e. The molecule has 15 heteroatoms. The maximum absolute atomic E-state index is 12.4. The van der Waals surface area contributed by atoms with E-state index in [1.165, 1.54) is 5.56 Å². The van der Waals surface area contributed by atoms with Gasteiger partial charge in [-0.15, -0.1) is 0 Å². The summed E-state index contributed by atoms with van der Waals surface area (Å²) in [5, 5.41) is 17.8. The van der Waals surface area contributed by atoms with Gasteiger partial charge in [-0.3, -0.25) is 9.78 Å². The first kappa shape index (κ1) is 31.1. The molecule has 3 aromatic heterocycles. The molecule has 0 aromatic carbocycles. The fourth-order valence-corrected chi connectivity index (χ4v) is 3.50. The van der Waals surface area contributed by atoms with Crippen LogP contribution in [0.2, 0.25) is 0 Å². The van der Waals surface area contributed by atoms with Crippen LogP contribution >= 0.6 is 0 Å². The van der Waals surface area contributed by atoms with Gasteiger partial charge in [0, 0.05) is 30.2 Å². The SMILES string of the molecule is O=C(O)C(F)(F)F.O=C(O)C(F)(F)F.O=c1ccc2c(n1Cc1cccnc1)CCC(NCc1ccco1)C2. The van der Waals surface area contributed by atoms with Crippen molar-refractivity contribution in [1.82, 2.24) is 14.9 Å². The molecule has 0 saturated heterocycles. The Bertz CT molecular complexity index is 1250. The molecule has 1 unspecified atom stereocenters. The third-order valence-electron chi connectivity index (χ3n) is 5.28. The number of fused-ring (bicyclic) bond motifs is 1. The fraction of sp³-hybridized carbons (Fsp3) is 0.333. The summed E-state index contributed by atoms with van der Waals surface area (Å²) in [7, 11) is 0. The van der Waals surface area contributed by atoms with Gasteiger partial charge < -0.3 is 24.5 Å². The number of carboxylic acid groups (broad SMARTS) is 2. The maximum atomic E-state index is 12.4. The summed E-state index contributed by atoms with van der Waals surface area (Å²) in [4.78, 5) is 34.3. The molecular weight excluding hydrogens is 540 g/mol. The van der Waals surface area contributed by atoms with E-state index in [9.17, 15) is 31.1 Å². The Balaban J connectivity index is 0.000000317. The van der Waals surface area contributed by atoms with E-state index in [1.807, 2.05) is 41.1 Å². The van der Waals surface area contributed by atoms with Gasteiger partial charge in [-0.2, -0.15) is 26.3 Å². The van der Waals surface area contributed by atoms with Crippen molar-refractivity contribution in [3.63, 3.8) is 0 Å². The van der Waals surface area contributed by atoms with Crippen molar-refractivity contribution in [2.75, 3.05) is 0 Å². The molecule has 212 valence electrons. The number of alkyl halides is 6. The molecule has 0 spiro atoms. The van der Waals surface area contributed by atoms with Crippen molar-refractivity contribution in [1.29, 1.82) is 0 Å². The molecule has 3 heterocycles. The summed E-state index contributed by atoms with van der Waals surface area (Å²) < 4.78 is 70.8. The topological polar surface area (TPSA) is 135 Å². The van der Waals surface area contributed by atoms with Crippen LogP contribution < -0.4 is 10.9 Å². The first-order valence-corrected chi connectivity index (χ1v) is 11.1. The number of carbonyl (C=O) groups is 2. The molecule has 1 atom stereocenters. The van der Waals surface area contributed by atoms with Crippen LogP contribution in [0.1, 0.15) is 29.0 Å². The molecule has 4 rings (SSSR count). The molecule has 1 aliphatic carbocycles. The Morgan fingerprint density at radius 2 is 1.67 bits per heavy atom. The molecule has 3 N–H and O–H groups in total. The van der Waals surface area contributed by atoms with Crippen LogP contribution in [-0.4, -0.2) is 50.1 Å². The number of aliphatic carboxylic acids is 2. The number of aromatic nitrogens is 2. The lowest BCUT2D eigenvalue weighted by atomic mass is 9.91. The molecule has 0 aliphatic heterocycles. The second-order valence-electron chi connectivity index (χ2n) is 8.10. The summed E-state index contributed by atoms with van der Waals surface area (Å²) in [5.41, 5.74) is 3.53. The van der Waals surface area contributed by atoms with Crippen LogP contribution in [-0.2, 0) is 35.5 Å². The lowest BCUT2D eigenvalue weighted by Gasteiger charge is -2.27. The molecule has 39 heavy (non-hydrogen) atoms. The number of nitrogens with zero attached hydrogens (tertiary/aromatic N) is 2. The summed E-state index contributed by atoms with van der Waals surface area (Å²) in [6.45, 7) is 1.32. The van der Waals surface area contributed by atoms with E-state index >= 15 is 0 Å². The predicted molar refractivity (Wildman–Crippen MR) is 123 cm³/mol. The molecular formula is C24H23F6N3O6. The summed E-state index contributed by atoms with van der Waals surface area (Å²) in [6, 6.07) is 11.9. The van der Waals surface area contributed by atoms with Crippen LogP contribution in [0.4, 0.5) is 26.3 Å². The minimum absolute atomic E-state index is 0.0598. The second kappa shape index (κ2) is 13.6. The molecule has 9 nitrogen and oxygen atoms in total. The zero-order chi connectivity index (χ0) is 29.2. The first-order chi connectivity index (χ1) is 18.2. The average Bonchev–Trinajstić information content (AvgIpc) is 3.38. The van der Waals surface area contributed by atoms with E-state index in [1.54, 1.807) is 18.5 Å². The second-order valence-corrected chi connectivity index (χ2v) is 8.10. The van der Waals surface area contributed by atoms with Gasteiger partial charge in [0.25, 0.3) is 5.56 Å². The Labute approximate surface area is 216 Å². The minimum Gasteiger partial charge on any atom is -0.475 e. The number of carboxylic acids is 2. The maximum Gasteiger partial charge on any atom is 0.490 e. The average molecular weight is 563 g/mol. The Hall–Kier alpha value is -4.14. The number of furan rings is 1. The van der Waals surface area contributed by atoms with Crippen LogP contribution in [0.25, 0.3) is 0 Å². The minimum atomic E-state index is -5.08. The number of pyridine rings is 2. The van der Waals surface area contributed by atoms with Gasteiger partial charge in [0.15, 0.2) is 0 Å².